The van der Waals surface area contributed by atoms with Crippen molar-refractivity contribution in [3.05, 3.63) is 46.6 Å². The Morgan fingerprint density at radius 1 is 1.27 bits per heavy atom. The van der Waals surface area contributed by atoms with Crippen LogP contribution in [0, 0.1) is 11.3 Å². The van der Waals surface area contributed by atoms with Crippen molar-refractivity contribution >= 4 is 35.4 Å². The Morgan fingerprint density at radius 2 is 2.11 bits per heavy atom. The molecule has 2 aliphatic rings. The number of carbonyl (C=O) groups excluding carboxylic acids is 3. The Bertz CT molecular complexity index is 1230. The van der Waals surface area contributed by atoms with Crippen LogP contribution in [0.1, 0.15) is 33.6 Å². The molecule has 2 aromatic rings. The summed E-state index contributed by atoms with van der Waals surface area (Å²) in [7, 11) is 3.50. The highest BCUT2D eigenvalue weighted by Gasteiger charge is 2.28. The number of hydrogen-bond acceptors (Lipinski definition) is 8. The molecule has 0 saturated carbocycles. The Hall–Kier alpha value is -4.01. The summed E-state index contributed by atoms with van der Waals surface area (Å²) in [5, 5.41) is 15.4. The second-order valence-corrected chi connectivity index (χ2v) is 9.16. The summed E-state index contributed by atoms with van der Waals surface area (Å²) in [5.74, 6) is 0.467. The number of aryl methyl sites for hydroxylation is 1. The normalized spacial score (nSPS) is 15.6. The fourth-order valence-corrected chi connectivity index (χ4v) is 4.53. The van der Waals surface area contributed by atoms with Crippen LogP contribution in [0.3, 0.4) is 0 Å². The van der Waals surface area contributed by atoms with Crippen molar-refractivity contribution < 1.29 is 19.1 Å². The lowest BCUT2D eigenvalue weighted by atomic mass is 10.0. The van der Waals surface area contributed by atoms with Crippen molar-refractivity contribution in [2.75, 3.05) is 69.0 Å². The first-order valence-electron chi connectivity index (χ1n) is 12.2. The number of nitriles is 1. The maximum absolute atomic E-state index is 13.3. The van der Waals surface area contributed by atoms with Crippen molar-refractivity contribution in [1.82, 2.24) is 14.8 Å². The summed E-state index contributed by atoms with van der Waals surface area (Å²) in [6.45, 7) is 3.47. The van der Waals surface area contributed by atoms with Gasteiger partial charge in [-0.1, -0.05) is 0 Å². The molecule has 3 amide bonds. The number of aldehydes is 1. The quantitative estimate of drug-likeness (QED) is 0.412. The van der Waals surface area contributed by atoms with E-state index in [4.69, 9.17) is 4.74 Å². The molecule has 0 aliphatic carbocycles. The smallest absolute Gasteiger partial charge is 0.327 e. The lowest BCUT2D eigenvalue weighted by molar-refractivity contribution is -0.136. The molecule has 11 heteroatoms. The number of carbonyl (C=O) groups is 3. The summed E-state index contributed by atoms with van der Waals surface area (Å²) < 4.78 is 5.05. The van der Waals surface area contributed by atoms with Crippen LogP contribution >= 0.6 is 0 Å². The highest BCUT2D eigenvalue weighted by molar-refractivity contribution is 6.02. The molecule has 11 nitrogen and oxygen atoms in total. The number of urea groups is 1. The van der Waals surface area contributed by atoms with Gasteiger partial charge in [0, 0.05) is 51.1 Å². The number of nitrogens with one attached hydrogen (secondary N) is 2. The molecular formula is C26H31N7O4. The number of aromatic nitrogens is 1. The molecule has 1 saturated heterocycles. The molecule has 37 heavy (non-hydrogen) atoms. The molecule has 0 unspecified atom stereocenters. The minimum absolute atomic E-state index is 0.0165. The molecule has 1 fully saturated rings. The number of hydrogen-bond donors (Lipinski definition) is 2. The van der Waals surface area contributed by atoms with Gasteiger partial charge in [0.15, 0.2) is 6.29 Å². The van der Waals surface area contributed by atoms with Gasteiger partial charge in [-0.05, 0) is 49.7 Å². The number of likely N-dealkylation sites (N-methyl/N-ethyl adjacent to an activating group) is 1. The molecule has 0 bridgehead atoms. The van der Waals surface area contributed by atoms with Gasteiger partial charge < -0.3 is 20.3 Å². The van der Waals surface area contributed by atoms with Gasteiger partial charge in [-0.2, -0.15) is 5.26 Å². The maximum Gasteiger partial charge on any atom is 0.327 e. The van der Waals surface area contributed by atoms with Crippen LogP contribution in [-0.4, -0.2) is 86.5 Å². The number of fused-ring (bicyclic) bond motifs is 1. The van der Waals surface area contributed by atoms with Gasteiger partial charge in [-0.25, -0.2) is 9.78 Å². The van der Waals surface area contributed by atoms with Crippen molar-refractivity contribution in [2.45, 2.75) is 19.4 Å². The fraction of sp³-hybridized carbons (Fsp3) is 0.423. The topological polar surface area (TPSA) is 131 Å². The summed E-state index contributed by atoms with van der Waals surface area (Å²) in [5.41, 5.74) is 3.37. The maximum atomic E-state index is 13.3. The molecule has 1 aromatic carbocycles. The molecule has 2 N–H and O–H groups in total. The van der Waals surface area contributed by atoms with Crippen LogP contribution in [-0.2, 0) is 22.5 Å². The summed E-state index contributed by atoms with van der Waals surface area (Å²) in [6.07, 6.45) is 2.14. The molecule has 0 spiro atoms. The number of rotatable bonds is 8. The Balaban J connectivity index is 1.53. The largest absolute Gasteiger partial charge is 0.383 e. The summed E-state index contributed by atoms with van der Waals surface area (Å²) in [6, 6.07) is 8.68. The summed E-state index contributed by atoms with van der Waals surface area (Å²) in [4.78, 5) is 47.4. The summed E-state index contributed by atoms with van der Waals surface area (Å²) >= 11 is 0. The van der Waals surface area contributed by atoms with Crippen LogP contribution in [0.2, 0.25) is 0 Å². The first-order valence-corrected chi connectivity index (χ1v) is 12.2. The van der Waals surface area contributed by atoms with Crippen molar-refractivity contribution in [1.29, 1.82) is 5.26 Å². The predicted octanol–water partition coefficient (Wildman–Crippen LogP) is 2.08. The van der Waals surface area contributed by atoms with Gasteiger partial charge in [0.05, 0.1) is 24.4 Å². The number of piperazine rings is 1. The zero-order valence-electron chi connectivity index (χ0n) is 21.1. The molecule has 2 aliphatic heterocycles. The second-order valence-electron chi connectivity index (χ2n) is 9.16. The minimum atomic E-state index is -0.375. The van der Waals surface area contributed by atoms with Crippen LogP contribution in [0.4, 0.5) is 22.0 Å². The average Bonchev–Trinajstić information content (AvgIpc) is 2.89. The van der Waals surface area contributed by atoms with E-state index in [-0.39, 0.29) is 17.6 Å². The molecule has 0 atom stereocenters. The molecular weight excluding hydrogens is 474 g/mol. The number of ether oxygens (including phenoxy) is 1. The number of pyridine rings is 1. The molecule has 0 radical (unpaired) electrons. The predicted molar refractivity (Wildman–Crippen MR) is 139 cm³/mol. The van der Waals surface area contributed by atoms with Crippen molar-refractivity contribution in [3.63, 3.8) is 0 Å². The van der Waals surface area contributed by atoms with Crippen LogP contribution in [0.25, 0.3) is 0 Å². The molecule has 3 heterocycles. The lowest BCUT2D eigenvalue weighted by Crippen LogP contribution is -2.48. The van der Waals surface area contributed by atoms with Crippen LogP contribution in [0.5, 0.6) is 0 Å². The van der Waals surface area contributed by atoms with E-state index in [1.54, 1.807) is 30.2 Å². The van der Waals surface area contributed by atoms with E-state index in [2.05, 4.69) is 21.7 Å². The Labute approximate surface area is 216 Å². The SMILES string of the molecule is COCCNc1cc(NC(=O)N2CCCc3cc(CN4CCN(C)CC4=O)c(C=O)nc32)ccc1C#N. The van der Waals surface area contributed by atoms with E-state index in [1.165, 1.54) is 4.90 Å². The highest BCUT2D eigenvalue weighted by atomic mass is 16.5. The van der Waals surface area contributed by atoms with Gasteiger partial charge in [0.1, 0.15) is 17.6 Å². The minimum Gasteiger partial charge on any atom is -0.383 e. The van der Waals surface area contributed by atoms with Gasteiger partial charge in [0.2, 0.25) is 5.91 Å². The number of nitrogens with zero attached hydrogens (tertiary/aromatic N) is 5. The first-order chi connectivity index (χ1) is 17.9. The number of benzene rings is 1. The third-order valence-electron chi connectivity index (χ3n) is 6.51. The van der Waals surface area contributed by atoms with Gasteiger partial charge >= 0.3 is 6.03 Å². The van der Waals surface area contributed by atoms with E-state index in [0.29, 0.717) is 73.9 Å². The Kier molecular flexibility index (Phi) is 8.32. The third-order valence-corrected chi connectivity index (χ3v) is 6.51. The monoisotopic (exact) mass is 505 g/mol. The second kappa shape index (κ2) is 11.8. The van der Waals surface area contributed by atoms with E-state index in [0.717, 1.165) is 24.9 Å². The zero-order chi connectivity index (χ0) is 26.4. The van der Waals surface area contributed by atoms with Crippen molar-refractivity contribution in [2.24, 2.45) is 0 Å². The number of methoxy groups -OCH3 is 1. The number of anilines is 3. The highest BCUT2D eigenvalue weighted by Crippen LogP contribution is 2.29. The fourth-order valence-electron chi connectivity index (χ4n) is 4.53. The Morgan fingerprint density at radius 3 is 2.84 bits per heavy atom. The third kappa shape index (κ3) is 6.04. The standard InChI is InChI=1S/C26H31N7O4/c1-31-9-10-32(24(35)16-31)15-20-12-18-4-3-8-33(25(18)30-23(20)17-34)26(36)29-21-6-5-19(14-27)22(13-21)28-7-11-37-2/h5-6,12-13,17,28H,3-4,7-11,15-16H2,1-2H3,(H,29,36). The van der Waals surface area contributed by atoms with Gasteiger partial charge in [-0.3, -0.25) is 19.4 Å². The van der Waals surface area contributed by atoms with Crippen LogP contribution < -0.4 is 15.5 Å². The van der Waals surface area contributed by atoms with E-state index in [9.17, 15) is 19.6 Å². The zero-order valence-corrected chi connectivity index (χ0v) is 21.1. The first kappa shape index (κ1) is 26.1. The van der Waals surface area contributed by atoms with E-state index in [1.807, 2.05) is 18.0 Å². The molecule has 1 aromatic heterocycles. The lowest BCUT2D eigenvalue weighted by Gasteiger charge is -2.33. The van der Waals surface area contributed by atoms with Crippen LogP contribution in [0.15, 0.2) is 24.3 Å². The van der Waals surface area contributed by atoms with Crippen molar-refractivity contribution in [3.8, 4) is 6.07 Å². The average molecular weight is 506 g/mol. The van der Waals surface area contributed by atoms with E-state index < -0.39 is 0 Å². The molecule has 4 rings (SSSR count). The number of amides is 3. The molecule has 194 valence electrons. The van der Waals surface area contributed by atoms with E-state index >= 15 is 0 Å². The van der Waals surface area contributed by atoms with Gasteiger partial charge in [-0.15, -0.1) is 0 Å². The van der Waals surface area contributed by atoms with Gasteiger partial charge in [0.25, 0.3) is 0 Å².